The number of hydrogen-bond acceptors (Lipinski definition) is 17. The number of hydrogen-bond donors (Lipinski definition) is 8. The number of methoxy groups -OCH3 is 1. The SMILES string of the molecule is CO[C@@H]1[C@@H](O[C@@H]2O[C@@H](C)[C@H](O)[C@@H](O)[C@H]2O)[C@H](O[C@H]2CC[C@@]3(C)[C@H](C2)[C@@H](O)C[C@@H]2[C@@H]3CC[C@]3(C)[C@@H]4[C@H](C[C@@H]23)O[C@]2(CC[C@@H](C)CO2)[C@H]4C)O[C@H](CO)[C@H]1O[C@@H]1O[C@@H](C)[C@H](O)[C@@H](O)[C@H]1O. The van der Waals surface area contributed by atoms with Crippen LogP contribution in [0.3, 0.4) is 0 Å². The van der Waals surface area contributed by atoms with E-state index in [0.717, 1.165) is 51.6 Å². The van der Waals surface area contributed by atoms with E-state index in [2.05, 4.69) is 27.7 Å². The lowest BCUT2D eigenvalue weighted by molar-refractivity contribution is -0.391. The highest BCUT2D eigenvalue weighted by Gasteiger charge is 2.70. The summed E-state index contributed by atoms with van der Waals surface area (Å²) in [5.41, 5.74) is -0.0196. The van der Waals surface area contributed by atoms with Gasteiger partial charge < -0.3 is 83.5 Å². The third kappa shape index (κ3) is 7.80. The van der Waals surface area contributed by atoms with Crippen molar-refractivity contribution in [1.82, 2.24) is 0 Å². The van der Waals surface area contributed by atoms with Crippen molar-refractivity contribution in [2.24, 2.45) is 52.3 Å². The summed E-state index contributed by atoms with van der Waals surface area (Å²) < 4.78 is 57.0. The molecule has 9 aliphatic rings. The lowest BCUT2D eigenvalue weighted by Crippen LogP contribution is -2.67. The molecule has 4 saturated carbocycles. The molecular formula is C46H76O17. The van der Waals surface area contributed by atoms with Crippen molar-refractivity contribution >= 4 is 0 Å². The predicted octanol–water partition coefficient (Wildman–Crippen LogP) is 0.947. The molecule has 5 saturated heterocycles. The van der Waals surface area contributed by atoms with Crippen LogP contribution in [-0.2, 0) is 42.6 Å². The Kier molecular flexibility index (Phi) is 13.3. The van der Waals surface area contributed by atoms with Crippen LogP contribution in [0.2, 0.25) is 0 Å². The van der Waals surface area contributed by atoms with Gasteiger partial charge in [-0.2, -0.15) is 0 Å². The molecule has 8 N–H and O–H groups in total. The van der Waals surface area contributed by atoms with Crippen LogP contribution in [0.1, 0.15) is 99.3 Å². The molecule has 28 atom stereocenters. The van der Waals surface area contributed by atoms with E-state index in [4.69, 9.17) is 42.6 Å². The maximum Gasteiger partial charge on any atom is 0.187 e. The van der Waals surface area contributed by atoms with Gasteiger partial charge in [-0.05, 0) is 112 Å². The summed E-state index contributed by atoms with van der Waals surface area (Å²) in [7, 11) is 1.38. The van der Waals surface area contributed by atoms with Crippen molar-refractivity contribution in [2.75, 3.05) is 20.3 Å². The summed E-state index contributed by atoms with van der Waals surface area (Å²) in [5, 5.41) is 86.9. The van der Waals surface area contributed by atoms with Crippen LogP contribution in [-0.4, -0.2) is 177 Å². The van der Waals surface area contributed by atoms with Gasteiger partial charge >= 0.3 is 0 Å². The molecule has 0 amide bonds. The van der Waals surface area contributed by atoms with Crippen LogP contribution in [0, 0.1) is 52.3 Å². The molecule has 9 fully saturated rings. The van der Waals surface area contributed by atoms with E-state index in [9.17, 15) is 40.9 Å². The van der Waals surface area contributed by atoms with Gasteiger partial charge in [0, 0.05) is 19.4 Å². The van der Waals surface area contributed by atoms with Crippen molar-refractivity contribution in [3.05, 3.63) is 0 Å². The highest BCUT2D eigenvalue weighted by Crippen LogP contribution is 2.71. The van der Waals surface area contributed by atoms with Crippen LogP contribution >= 0.6 is 0 Å². The zero-order chi connectivity index (χ0) is 45.1. The Morgan fingerprint density at radius 3 is 1.84 bits per heavy atom. The largest absolute Gasteiger partial charge is 0.394 e. The first-order valence-electron chi connectivity index (χ1n) is 24.0. The molecule has 0 radical (unpaired) electrons. The summed E-state index contributed by atoms with van der Waals surface area (Å²) >= 11 is 0. The van der Waals surface area contributed by atoms with Crippen LogP contribution in [0.4, 0.5) is 0 Å². The van der Waals surface area contributed by atoms with Crippen molar-refractivity contribution in [2.45, 2.75) is 216 Å². The second-order valence-electron chi connectivity index (χ2n) is 21.8. The molecule has 17 nitrogen and oxygen atoms in total. The maximum absolute atomic E-state index is 12.2. The van der Waals surface area contributed by atoms with E-state index >= 15 is 0 Å². The molecule has 362 valence electrons. The van der Waals surface area contributed by atoms with Crippen molar-refractivity contribution in [1.29, 1.82) is 0 Å². The fourth-order valence-corrected chi connectivity index (χ4v) is 14.9. The molecule has 0 aromatic carbocycles. The molecule has 0 aromatic rings. The van der Waals surface area contributed by atoms with E-state index in [1.807, 2.05) is 0 Å². The second-order valence-corrected chi connectivity index (χ2v) is 21.8. The highest BCUT2D eigenvalue weighted by molar-refractivity contribution is 5.16. The van der Waals surface area contributed by atoms with Crippen molar-refractivity contribution in [3.8, 4) is 0 Å². The first kappa shape index (κ1) is 47.4. The van der Waals surface area contributed by atoms with Gasteiger partial charge in [0.05, 0.1) is 43.7 Å². The maximum atomic E-state index is 12.2. The molecule has 0 bridgehead atoms. The van der Waals surface area contributed by atoms with Crippen LogP contribution < -0.4 is 0 Å². The van der Waals surface area contributed by atoms with Crippen LogP contribution in [0.15, 0.2) is 0 Å². The van der Waals surface area contributed by atoms with Gasteiger partial charge in [-0.1, -0.05) is 27.7 Å². The average molecular weight is 901 g/mol. The third-order valence-electron chi connectivity index (χ3n) is 18.5. The molecule has 17 heteroatoms. The standard InChI is InChI=1S/C46H76O17/c1-19-8-13-46(56-18-19)20(2)31-29(63-46)16-26-24-15-28(48)27-14-23(9-11-44(27,5)25(24)10-12-45(26,31)6)59-43-40(62-42-37(54)35(52)33(50)22(4)58-42)39(55-7)38(30(17-47)60-43)61-41-36(53)34(51)32(49)21(3)57-41/h19-43,47-54H,8-18H2,1-7H3/t19-,20+,21+,22+,23+,24-,25+,26+,27-,28+,29+,30-,31+,32+,33+,34-,35-,36-,37-,38-,39+,40-,41+,42+,43-,44-,45+,46-/m1/s1. The molecule has 4 aliphatic carbocycles. The molecular weight excluding hydrogens is 824 g/mol. The van der Waals surface area contributed by atoms with Gasteiger partial charge in [0.2, 0.25) is 0 Å². The summed E-state index contributed by atoms with van der Waals surface area (Å²) in [5.74, 6) is 2.04. The lowest BCUT2D eigenvalue weighted by atomic mass is 9.43. The predicted molar refractivity (Wildman–Crippen MR) is 219 cm³/mol. The monoisotopic (exact) mass is 901 g/mol. The normalized spacial score (nSPS) is 59.4. The topological polar surface area (TPSA) is 245 Å². The molecule has 0 aromatic heterocycles. The Bertz CT molecular complexity index is 1580. The Hall–Kier alpha value is -0.680. The van der Waals surface area contributed by atoms with E-state index in [1.54, 1.807) is 0 Å². The lowest BCUT2D eigenvalue weighted by Gasteiger charge is -2.62. The van der Waals surface area contributed by atoms with E-state index < -0.39 is 117 Å². The quantitative estimate of drug-likeness (QED) is 0.158. The van der Waals surface area contributed by atoms with Gasteiger partial charge in [0.25, 0.3) is 0 Å². The Morgan fingerprint density at radius 1 is 0.603 bits per heavy atom. The number of aliphatic hydroxyl groups excluding tert-OH is 8. The molecule has 5 heterocycles. The molecule has 63 heavy (non-hydrogen) atoms. The van der Waals surface area contributed by atoms with Crippen LogP contribution in [0.5, 0.6) is 0 Å². The van der Waals surface area contributed by atoms with Crippen LogP contribution in [0.25, 0.3) is 0 Å². The van der Waals surface area contributed by atoms with Gasteiger partial charge in [-0.3, -0.25) is 0 Å². The summed E-state index contributed by atoms with van der Waals surface area (Å²) in [6, 6.07) is 0. The zero-order valence-electron chi connectivity index (χ0n) is 38.0. The van der Waals surface area contributed by atoms with Gasteiger partial charge in [0.1, 0.15) is 61.0 Å². The van der Waals surface area contributed by atoms with Gasteiger partial charge in [0.15, 0.2) is 24.7 Å². The number of rotatable bonds is 8. The Labute approximate surface area is 370 Å². The van der Waals surface area contributed by atoms with E-state index in [0.29, 0.717) is 48.3 Å². The fraction of sp³-hybridized carbons (Fsp3) is 1.00. The van der Waals surface area contributed by atoms with E-state index in [1.165, 1.54) is 21.0 Å². The Morgan fingerprint density at radius 2 is 1.24 bits per heavy atom. The minimum Gasteiger partial charge on any atom is -0.394 e. The minimum absolute atomic E-state index is 0.0561. The Balaban J connectivity index is 0.925. The first-order valence-corrected chi connectivity index (χ1v) is 24.0. The number of ether oxygens (including phenoxy) is 9. The second kappa shape index (κ2) is 17.7. The van der Waals surface area contributed by atoms with Gasteiger partial charge in [-0.25, -0.2) is 0 Å². The fourth-order valence-electron chi connectivity index (χ4n) is 14.9. The number of fused-ring (bicyclic) bond motifs is 7. The molecule has 5 aliphatic heterocycles. The van der Waals surface area contributed by atoms with Gasteiger partial charge in [-0.15, -0.1) is 0 Å². The zero-order valence-corrected chi connectivity index (χ0v) is 38.0. The molecule has 0 unspecified atom stereocenters. The first-order chi connectivity index (χ1) is 29.8. The average Bonchev–Trinajstić information content (AvgIpc) is 3.71. The summed E-state index contributed by atoms with van der Waals surface area (Å²) in [6.07, 6.45) is -12.8. The molecule has 1 spiro atoms. The third-order valence-corrected chi connectivity index (χ3v) is 18.5. The van der Waals surface area contributed by atoms with E-state index in [-0.39, 0.29) is 22.9 Å². The van der Waals surface area contributed by atoms with Crippen molar-refractivity contribution < 1.29 is 83.5 Å². The molecule has 9 rings (SSSR count). The summed E-state index contributed by atoms with van der Waals surface area (Å²) in [6.45, 7) is 12.7. The number of aliphatic hydroxyl groups is 8. The summed E-state index contributed by atoms with van der Waals surface area (Å²) in [4.78, 5) is 0. The smallest absolute Gasteiger partial charge is 0.187 e. The van der Waals surface area contributed by atoms with Crippen molar-refractivity contribution in [3.63, 3.8) is 0 Å². The minimum atomic E-state index is -1.68. The highest BCUT2D eigenvalue weighted by atomic mass is 16.8.